The minimum absolute atomic E-state index is 0.144. The van der Waals surface area contributed by atoms with Crippen molar-refractivity contribution in [2.24, 2.45) is 0 Å². The average Bonchev–Trinajstić information content (AvgIpc) is 2.84. The van der Waals surface area contributed by atoms with Crippen LogP contribution in [0.3, 0.4) is 0 Å². The smallest absolute Gasteiger partial charge is 0.403 e. The first-order valence-electron chi connectivity index (χ1n) is 11.1. The molecule has 0 fully saturated rings. The molecule has 3 rings (SSSR count). The highest BCUT2D eigenvalue weighted by Gasteiger charge is 2.33. The van der Waals surface area contributed by atoms with Gasteiger partial charge in [0.15, 0.2) is 11.6 Å². The molecule has 0 spiro atoms. The maximum Gasteiger partial charge on any atom is 0.573 e. The molecule has 2 atom stereocenters. The SMILES string of the molecule is CNC(=O)[C@@H](NCC[C@H](c1ccc(C(F)(F)F)cc1)c1ccc(F)c(OC(F)(F)F)c1)c1ccccc1. The Morgan fingerprint density at radius 3 is 2.05 bits per heavy atom. The number of carbonyl (C=O) groups excluding carboxylic acids is 1. The molecule has 2 N–H and O–H groups in total. The normalized spacial score (nSPS) is 13.6. The van der Waals surface area contributed by atoms with Crippen LogP contribution in [0, 0.1) is 5.82 Å². The minimum Gasteiger partial charge on any atom is -0.403 e. The number of amides is 1. The molecule has 0 radical (unpaired) electrons. The first-order chi connectivity index (χ1) is 17.4. The van der Waals surface area contributed by atoms with Gasteiger partial charge in [0.2, 0.25) is 5.91 Å². The van der Waals surface area contributed by atoms with Gasteiger partial charge < -0.3 is 15.4 Å². The maximum absolute atomic E-state index is 14.0. The van der Waals surface area contributed by atoms with Crippen molar-refractivity contribution < 1.29 is 40.3 Å². The zero-order chi connectivity index (χ0) is 27.2. The summed E-state index contributed by atoms with van der Waals surface area (Å²) in [5, 5.41) is 5.63. The van der Waals surface area contributed by atoms with Gasteiger partial charge in [0.05, 0.1) is 5.56 Å². The Morgan fingerprint density at radius 2 is 1.49 bits per heavy atom. The van der Waals surface area contributed by atoms with E-state index in [1.54, 1.807) is 30.3 Å². The summed E-state index contributed by atoms with van der Waals surface area (Å²) in [6.07, 6.45) is -9.56. The van der Waals surface area contributed by atoms with E-state index in [-0.39, 0.29) is 24.4 Å². The van der Waals surface area contributed by atoms with Gasteiger partial charge in [-0.25, -0.2) is 4.39 Å². The molecule has 198 valence electrons. The molecule has 0 unspecified atom stereocenters. The number of ether oxygens (including phenoxy) is 1. The van der Waals surface area contributed by atoms with Crippen molar-refractivity contribution in [2.45, 2.75) is 30.9 Å². The second-order valence-electron chi connectivity index (χ2n) is 8.11. The monoisotopic (exact) mass is 528 g/mol. The summed E-state index contributed by atoms with van der Waals surface area (Å²) in [4.78, 5) is 12.4. The van der Waals surface area contributed by atoms with Crippen LogP contribution in [0.1, 0.15) is 40.6 Å². The number of hydrogen-bond acceptors (Lipinski definition) is 3. The number of carbonyl (C=O) groups is 1. The van der Waals surface area contributed by atoms with E-state index < -0.39 is 41.6 Å². The molecule has 37 heavy (non-hydrogen) atoms. The number of hydrogen-bond donors (Lipinski definition) is 2. The predicted octanol–water partition coefficient (Wildman–Crippen LogP) is 6.34. The lowest BCUT2D eigenvalue weighted by molar-refractivity contribution is -0.275. The van der Waals surface area contributed by atoms with Crippen molar-refractivity contribution in [3.05, 3.63) is 101 Å². The molecular weight excluding hydrogens is 505 g/mol. The van der Waals surface area contributed by atoms with Crippen LogP contribution in [-0.4, -0.2) is 25.9 Å². The fourth-order valence-corrected chi connectivity index (χ4v) is 3.89. The molecule has 1 amide bonds. The summed E-state index contributed by atoms with van der Waals surface area (Å²) in [6, 6.07) is 15.1. The Labute approximate surface area is 208 Å². The molecule has 0 heterocycles. The zero-order valence-corrected chi connectivity index (χ0v) is 19.5. The lowest BCUT2D eigenvalue weighted by atomic mass is 9.87. The average molecular weight is 528 g/mol. The number of alkyl halides is 6. The number of benzene rings is 3. The van der Waals surface area contributed by atoms with E-state index in [2.05, 4.69) is 15.4 Å². The van der Waals surface area contributed by atoms with Gasteiger partial charge in [-0.05, 0) is 53.9 Å². The van der Waals surface area contributed by atoms with Gasteiger partial charge in [-0.15, -0.1) is 13.2 Å². The molecule has 3 aromatic rings. The molecule has 0 aliphatic carbocycles. The van der Waals surface area contributed by atoms with E-state index in [4.69, 9.17) is 0 Å². The van der Waals surface area contributed by atoms with Gasteiger partial charge in [0.1, 0.15) is 6.04 Å². The quantitative estimate of drug-likeness (QED) is 0.319. The highest BCUT2D eigenvalue weighted by Crippen LogP contribution is 2.35. The molecule has 3 aromatic carbocycles. The number of rotatable bonds is 9. The van der Waals surface area contributed by atoms with Crippen LogP contribution in [-0.2, 0) is 11.0 Å². The van der Waals surface area contributed by atoms with Crippen molar-refractivity contribution in [1.82, 2.24) is 10.6 Å². The van der Waals surface area contributed by atoms with E-state index in [1.165, 1.54) is 25.2 Å². The second-order valence-corrected chi connectivity index (χ2v) is 8.11. The van der Waals surface area contributed by atoms with Crippen molar-refractivity contribution in [1.29, 1.82) is 0 Å². The Hall–Kier alpha value is -3.60. The molecule has 4 nitrogen and oxygen atoms in total. The standard InChI is InChI=1S/C26H23F7N2O2/c1-34-24(36)23(17-5-3-2-4-6-17)35-14-13-20(16-7-10-19(11-8-16)25(28,29)30)18-9-12-21(27)22(15-18)37-26(31,32)33/h2-12,15,20,23,35H,13-14H2,1H3,(H,34,36)/t20-,23+/m1/s1. The molecule has 11 heteroatoms. The van der Waals surface area contributed by atoms with Crippen LogP contribution in [0.15, 0.2) is 72.8 Å². The minimum atomic E-state index is -5.14. The van der Waals surface area contributed by atoms with Gasteiger partial charge in [-0.1, -0.05) is 48.5 Å². The molecule has 0 aromatic heterocycles. The number of nitrogens with one attached hydrogen (secondary N) is 2. The molecule has 0 saturated heterocycles. The van der Waals surface area contributed by atoms with E-state index >= 15 is 0 Å². The van der Waals surface area contributed by atoms with Crippen molar-refractivity contribution in [2.75, 3.05) is 13.6 Å². The fraction of sp³-hybridized carbons (Fsp3) is 0.269. The summed E-state index contributed by atoms with van der Waals surface area (Å²) >= 11 is 0. The third-order valence-corrected chi connectivity index (χ3v) is 5.65. The van der Waals surface area contributed by atoms with E-state index in [0.717, 1.165) is 24.3 Å². The topological polar surface area (TPSA) is 50.4 Å². The van der Waals surface area contributed by atoms with E-state index in [0.29, 0.717) is 11.1 Å². The van der Waals surface area contributed by atoms with Crippen LogP contribution in [0.5, 0.6) is 5.75 Å². The second kappa shape index (κ2) is 11.6. The lowest BCUT2D eigenvalue weighted by Gasteiger charge is -2.23. The number of likely N-dealkylation sites (N-methyl/N-ethyl adjacent to an activating group) is 1. The summed E-state index contributed by atoms with van der Waals surface area (Å²) < 4.78 is 95.2. The Bertz CT molecular complexity index is 1180. The van der Waals surface area contributed by atoms with Crippen LogP contribution < -0.4 is 15.4 Å². The number of halogens is 7. The van der Waals surface area contributed by atoms with Crippen LogP contribution >= 0.6 is 0 Å². The highest BCUT2D eigenvalue weighted by molar-refractivity contribution is 5.82. The maximum atomic E-state index is 14.0. The summed E-state index contributed by atoms with van der Waals surface area (Å²) in [6.45, 7) is 0.144. The predicted molar refractivity (Wildman–Crippen MR) is 122 cm³/mol. The van der Waals surface area contributed by atoms with Gasteiger partial charge in [0.25, 0.3) is 0 Å². The third kappa shape index (κ3) is 7.69. The Kier molecular flexibility index (Phi) is 8.80. The molecular formula is C26H23F7N2O2. The molecule has 0 saturated carbocycles. The van der Waals surface area contributed by atoms with Gasteiger partial charge in [-0.2, -0.15) is 13.2 Å². The summed E-state index contributed by atoms with van der Waals surface area (Å²) in [7, 11) is 1.46. The highest BCUT2D eigenvalue weighted by atomic mass is 19.4. The summed E-state index contributed by atoms with van der Waals surface area (Å²) in [5.41, 5.74) is 0.321. The van der Waals surface area contributed by atoms with Gasteiger partial charge in [0, 0.05) is 13.0 Å². The van der Waals surface area contributed by atoms with E-state index in [9.17, 15) is 35.5 Å². The fourth-order valence-electron chi connectivity index (χ4n) is 3.89. The molecule has 0 aliphatic rings. The Morgan fingerprint density at radius 1 is 0.865 bits per heavy atom. The first kappa shape index (κ1) is 28.0. The zero-order valence-electron chi connectivity index (χ0n) is 19.5. The molecule has 0 aliphatic heterocycles. The van der Waals surface area contributed by atoms with Gasteiger partial charge >= 0.3 is 12.5 Å². The van der Waals surface area contributed by atoms with Gasteiger partial charge in [-0.3, -0.25) is 4.79 Å². The van der Waals surface area contributed by atoms with Crippen molar-refractivity contribution in [3.8, 4) is 5.75 Å². The lowest BCUT2D eigenvalue weighted by Crippen LogP contribution is -2.36. The largest absolute Gasteiger partial charge is 0.573 e. The van der Waals surface area contributed by atoms with E-state index in [1.807, 2.05) is 0 Å². The van der Waals surface area contributed by atoms with Crippen molar-refractivity contribution in [3.63, 3.8) is 0 Å². The van der Waals surface area contributed by atoms with Crippen LogP contribution in [0.2, 0.25) is 0 Å². The third-order valence-electron chi connectivity index (χ3n) is 5.65. The van der Waals surface area contributed by atoms with Crippen molar-refractivity contribution >= 4 is 5.91 Å². The molecule has 0 bridgehead atoms. The van der Waals surface area contributed by atoms with Crippen LogP contribution in [0.25, 0.3) is 0 Å². The van der Waals surface area contributed by atoms with Crippen LogP contribution in [0.4, 0.5) is 30.7 Å². The Balaban J connectivity index is 1.92. The first-order valence-corrected chi connectivity index (χ1v) is 11.1. The summed E-state index contributed by atoms with van der Waals surface area (Å²) in [5.74, 6) is -3.37.